The number of carbonyl (C=O) groups is 2. The third kappa shape index (κ3) is 5.21. The molecule has 2 unspecified atom stereocenters. The molecule has 0 radical (unpaired) electrons. The van der Waals surface area contributed by atoms with Crippen molar-refractivity contribution in [2.24, 2.45) is 23.7 Å². The van der Waals surface area contributed by atoms with Crippen LogP contribution in [-0.2, 0) is 40.9 Å². The lowest BCUT2D eigenvalue weighted by Gasteiger charge is -2.35. The van der Waals surface area contributed by atoms with Gasteiger partial charge in [0.1, 0.15) is 23.7 Å². The Morgan fingerprint density at radius 3 is 1.41 bits per heavy atom. The number of aliphatic hydroxyl groups excluding tert-OH is 2. The quantitative estimate of drug-likeness (QED) is 0.387. The van der Waals surface area contributed by atoms with Gasteiger partial charge in [0.05, 0.1) is 69.6 Å². The Balaban J connectivity index is 0.000000150. The predicted octanol–water partition coefficient (Wildman–Crippen LogP) is 5.17. The summed E-state index contributed by atoms with van der Waals surface area (Å²) >= 11 is 0. The van der Waals surface area contributed by atoms with Crippen LogP contribution in [0.15, 0.2) is 36.4 Å². The van der Waals surface area contributed by atoms with Crippen molar-refractivity contribution in [1.29, 1.82) is 10.5 Å². The fraction of sp³-hybridized carbons (Fsp3) is 0.600. The van der Waals surface area contributed by atoms with Crippen molar-refractivity contribution in [1.82, 2.24) is 0 Å². The molecule has 2 N–H and O–H groups in total. The summed E-state index contributed by atoms with van der Waals surface area (Å²) in [4.78, 5) is 29.3. The van der Waals surface area contributed by atoms with Crippen LogP contribution in [0.1, 0.15) is 74.6 Å². The average Bonchev–Trinajstić information content (AvgIpc) is 3.87. The summed E-state index contributed by atoms with van der Waals surface area (Å²) in [7, 11) is 0. The maximum absolute atomic E-state index is 13.5. The van der Waals surface area contributed by atoms with E-state index in [0.29, 0.717) is 51.7 Å². The van der Waals surface area contributed by atoms with Crippen LogP contribution in [0.4, 0.5) is 37.7 Å². The van der Waals surface area contributed by atoms with E-state index >= 15 is 0 Å². The molecule has 2 amide bonds. The molecule has 12 atom stereocenters. The normalized spacial score (nSPS) is 40.7. The second kappa shape index (κ2) is 12.6. The Morgan fingerprint density at radius 2 is 1.07 bits per heavy atom. The third-order valence-electron chi connectivity index (χ3n) is 14.0. The van der Waals surface area contributed by atoms with E-state index in [4.69, 9.17) is 29.5 Å². The molecular formula is C40H38F6N4O8. The molecule has 2 aromatic carbocycles. The van der Waals surface area contributed by atoms with Crippen LogP contribution in [0.2, 0.25) is 0 Å². The second-order valence-electron chi connectivity index (χ2n) is 17.0. The van der Waals surface area contributed by atoms with Gasteiger partial charge in [-0.2, -0.15) is 36.9 Å². The van der Waals surface area contributed by atoms with Gasteiger partial charge in [-0.1, -0.05) is 0 Å². The summed E-state index contributed by atoms with van der Waals surface area (Å²) in [5, 5.41) is 39.3. The lowest BCUT2D eigenvalue weighted by Crippen LogP contribution is -2.49. The molecule has 8 aliphatic rings. The van der Waals surface area contributed by atoms with E-state index in [1.54, 1.807) is 26.0 Å². The summed E-state index contributed by atoms with van der Waals surface area (Å²) in [6.07, 6.45) is -9.27. The number of ether oxygens (including phenoxy) is 4. The highest BCUT2D eigenvalue weighted by atomic mass is 19.4. The van der Waals surface area contributed by atoms with Crippen molar-refractivity contribution in [3.63, 3.8) is 0 Å². The fourth-order valence-electron chi connectivity index (χ4n) is 11.7. The van der Waals surface area contributed by atoms with Gasteiger partial charge in [-0.15, -0.1) is 0 Å². The molecule has 10 rings (SSSR count). The Hall–Kier alpha value is -4.30. The lowest BCUT2D eigenvalue weighted by molar-refractivity contribution is -0.138. The molecule has 2 spiro atoms. The van der Waals surface area contributed by atoms with Gasteiger partial charge in [0.2, 0.25) is 11.8 Å². The average molecular weight is 817 g/mol. The maximum Gasteiger partial charge on any atom is 0.417 e. The Morgan fingerprint density at radius 1 is 0.690 bits per heavy atom. The van der Waals surface area contributed by atoms with Gasteiger partial charge in [0.15, 0.2) is 0 Å². The Kier molecular flexibility index (Phi) is 8.52. The van der Waals surface area contributed by atoms with Gasteiger partial charge in [-0.3, -0.25) is 19.4 Å². The number of hydrogen-bond donors (Lipinski definition) is 2. The first-order valence-electron chi connectivity index (χ1n) is 19.1. The molecule has 8 fully saturated rings. The molecule has 2 aromatic rings. The van der Waals surface area contributed by atoms with Crippen LogP contribution < -0.4 is 9.80 Å². The number of nitrogens with zero attached hydrogens (tertiary/aromatic N) is 4. The summed E-state index contributed by atoms with van der Waals surface area (Å²) in [5.41, 5.74) is -6.72. The highest BCUT2D eigenvalue weighted by molar-refractivity contribution is 6.01. The van der Waals surface area contributed by atoms with Crippen LogP contribution >= 0.6 is 0 Å². The molecule has 8 aliphatic heterocycles. The molecule has 0 aliphatic carbocycles. The second-order valence-corrected chi connectivity index (χ2v) is 17.0. The minimum absolute atomic E-state index is 0.0373. The minimum atomic E-state index is -4.73. The molecule has 8 heterocycles. The number of rotatable bonds is 2. The number of nitriles is 2. The first-order valence-corrected chi connectivity index (χ1v) is 19.1. The SMILES string of the molecule is C[C@@]12O[C@]3(CCCO[C@@H]4C3[C@H]1C(=O)N4c1ccc(C#N)c(C(F)(F)F)c1)C[C@@H]2O.C[C@]12O[C@@]3(CCCO[C@H]4C3[C@@H]1C(=O)N4c1ccc(C#N)c(C(F)(F)F)c1)C[C@H]2O. The molecule has 8 saturated heterocycles. The van der Waals surface area contributed by atoms with Gasteiger partial charge in [0, 0.05) is 49.3 Å². The highest BCUT2D eigenvalue weighted by Gasteiger charge is 2.78. The predicted molar refractivity (Wildman–Crippen MR) is 185 cm³/mol. The minimum Gasteiger partial charge on any atom is -0.390 e. The smallest absolute Gasteiger partial charge is 0.390 e. The lowest BCUT2D eigenvalue weighted by atomic mass is 9.65. The van der Waals surface area contributed by atoms with Crippen molar-refractivity contribution in [3.05, 3.63) is 58.7 Å². The monoisotopic (exact) mass is 816 g/mol. The number of anilines is 2. The number of hydrogen-bond acceptors (Lipinski definition) is 10. The van der Waals surface area contributed by atoms with Crippen molar-refractivity contribution < 1.29 is 65.1 Å². The highest BCUT2D eigenvalue weighted by Crippen LogP contribution is 2.66. The molecule has 58 heavy (non-hydrogen) atoms. The number of halogens is 6. The van der Waals surface area contributed by atoms with Crippen LogP contribution in [0, 0.1) is 46.3 Å². The van der Waals surface area contributed by atoms with Gasteiger partial charge in [0.25, 0.3) is 0 Å². The molecule has 0 saturated carbocycles. The number of amides is 2. The summed E-state index contributed by atoms with van der Waals surface area (Å²) in [6.45, 7) is 4.09. The Labute approximate surface area is 327 Å². The topological polar surface area (TPSA) is 166 Å². The zero-order valence-electron chi connectivity index (χ0n) is 31.1. The number of benzene rings is 2. The van der Waals surface area contributed by atoms with E-state index in [2.05, 4.69) is 0 Å². The first kappa shape index (κ1) is 39.2. The van der Waals surface area contributed by atoms with Gasteiger partial charge >= 0.3 is 12.4 Å². The number of fused-ring (bicyclic) bond motifs is 4. The van der Waals surface area contributed by atoms with E-state index < -0.39 is 105 Å². The summed E-state index contributed by atoms with van der Waals surface area (Å²) < 4.78 is 105. The van der Waals surface area contributed by atoms with E-state index in [1.165, 1.54) is 21.9 Å². The van der Waals surface area contributed by atoms with Gasteiger partial charge < -0.3 is 29.2 Å². The van der Waals surface area contributed by atoms with E-state index in [9.17, 15) is 46.1 Å². The maximum atomic E-state index is 13.5. The zero-order chi connectivity index (χ0) is 41.5. The van der Waals surface area contributed by atoms with Crippen molar-refractivity contribution in [3.8, 4) is 12.1 Å². The zero-order valence-corrected chi connectivity index (χ0v) is 31.1. The van der Waals surface area contributed by atoms with E-state index in [1.807, 2.05) is 0 Å². The largest absolute Gasteiger partial charge is 0.417 e. The molecule has 18 heteroatoms. The molecule has 12 nitrogen and oxygen atoms in total. The van der Waals surface area contributed by atoms with Crippen molar-refractivity contribution >= 4 is 23.2 Å². The van der Waals surface area contributed by atoms with Crippen LogP contribution in [0.3, 0.4) is 0 Å². The standard InChI is InChI=1S/2C20H19F3N2O4/c2*1-18-13(26)8-19(29-18)5-2-6-28-17-15(19)14(18)16(27)25(17)11-4-3-10(9-24)12(7-11)20(21,22)23/h2*3-4,7,13-15,17,26H,2,5-6,8H2,1H3/t2*13-,14-,15?,17+,18-,19+/m10/s1. The molecule has 0 aromatic heterocycles. The molecule has 4 bridgehead atoms. The number of carbonyl (C=O) groups excluding carboxylic acids is 2. The Bertz CT molecular complexity index is 2040. The third-order valence-corrected chi connectivity index (χ3v) is 14.0. The number of aliphatic hydroxyl groups is 2. The van der Waals surface area contributed by atoms with Gasteiger partial charge in [-0.05, 0) is 75.9 Å². The molecular weight excluding hydrogens is 778 g/mol. The van der Waals surface area contributed by atoms with Crippen LogP contribution in [0.25, 0.3) is 0 Å². The summed E-state index contributed by atoms with van der Waals surface area (Å²) in [6, 6.07) is 9.61. The number of alkyl halides is 6. The van der Waals surface area contributed by atoms with Crippen LogP contribution in [0.5, 0.6) is 0 Å². The fourth-order valence-corrected chi connectivity index (χ4v) is 11.7. The van der Waals surface area contributed by atoms with Crippen molar-refractivity contribution in [2.75, 3.05) is 23.0 Å². The van der Waals surface area contributed by atoms with Gasteiger partial charge in [-0.25, -0.2) is 0 Å². The van der Waals surface area contributed by atoms with Crippen LogP contribution in [-0.4, -0.2) is 82.3 Å². The molecule has 308 valence electrons. The van der Waals surface area contributed by atoms with E-state index in [-0.39, 0.29) is 23.2 Å². The first-order chi connectivity index (χ1) is 27.2. The van der Waals surface area contributed by atoms with Crippen molar-refractivity contribution in [2.45, 2.75) is 112 Å². The summed E-state index contributed by atoms with van der Waals surface area (Å²) in [5.74, 6) is -2.95. The van der Waals surface area contributed by atoms with E-state index in [0.717, 1.165) is 24.3 Å².